The van der Waals surface area contributed by atoms with Gasteiger partial charge in [0.15, 0.2) is 11.5 Å². The number of rotatable bonds is 4. The molecule has 0 aliphatic carbocycles. The minimum absolute atomic E-state index is 0.192. The van der Waals surface area contributed by atoms with Crippen LogP contribution in [0.25, 0.3) is 0 Å². The lowest BCUT2D eigenvalue weighted by Crippen LogP contribution is -2.41. The fourth-order valence-electron chi connectivity index (χ4n) is 3.31. The Kier molecular flexibility index (Phi) is 5.45. The van der Waals surface area contributed by atoms with Crippen LogP contribution in [0.15, 0.2) is 18.2 Å². The molecular formula is C21H28N4O3. The van der Waals surface area contributed by atoms with Crippen molar-refractivity contribution in [3.63, 3.8) is 0 Å². The number of nitrogens with zero attached hydrogens (tertiary/aromatic N) is 3. The Bertz CT molecular complexity index is 890. The zero-order valence-electron chi connectivity index (χ0n) is 17.4. The molecule has 1 aromatic heterocycles. The average Bonchev–Trinajstić information content (AvgIpc) is 2.64. The molecule has 0 spiro atoms. The van der Waals surface area contributed by atoms with Crippen LogP contribution in [0.2, 0.25) is 0 Å². The lowest BCUT2D eigenvalue weighted by molar-refractivity contribution is 0.0914. The summed E-state index contributed by atoms with van der Waals surface area (Å²) < 4.78 is 10.8. The van der Waals surface area contributed by atoms with Crippen molar-refractivity contribution in [1.29, 1.82) is 0 Å². The summed E-state index contributed by atoms with van der Waals surface area (Å²) in [5.74, 6) is 2.60. The lowest BCUT2D eigenvalue weighted by Gasteiger charge is -2.31. The quantitative estimate of drug-likeness (QED) is 0.873. The molecule has 0 radical (unpaired) electrons. The van der Waals surface area contributed by atoms with Crippen molar-refractivity contribution in [2.24, 2.45) is 0 Å². The van der Waals surface area contributed by atoms with E-state index in [1.165, 1.54) is 11.1 Å². The molecule has 0 saturated carbocycles. The summed E-state index contributed by atoms with van der Waals surface area (Å²) in [7, 11) is 3.28. The van der Waals surface area contributed by atoms with Crippen LogP contribution in [-0.4, -0.2) is 42.2 Å². The zero-order chi connectivity index (χ0) is 20.5. The highest BCUT2D eigenvalue weighted by molar-refractivity contribution is 5.93. The Morgan fingerprint density at radius 2 is 1.71 bits per heavy atom. The molecule has 150 valence electrons. The molecule has 3 rings (SSSR count). The first-order valence-corrected chi connectivity index (χ1v) is 9.37. The first-order valence-electron chi connectivity index (χ1n) is 9.37. The predicted molar refractivity (Wildman–Crippen MR) is 108 cm³/mol. The molecule has 0 saturated heterocycles. The number of methoxy groups -OCH3 is 2. The van der Waals surface area contributed by atoms with Gasteiger partial charge < -0.3 is 19.7 Å². The number of anilines is 1. The highest BCUT2D eigenvalue weighted by atomic mass is 16.5. The number of fused-ring (bicyclic) bond motifs is 1. The summed E-state index contributed by atoms with van der Waals surface area (Å²) in [6, 6.07) is 5.82. The van der Waals surface area contributed by atoms with E-state index in [4.69, 9.17) is 9.47 Å². The third-order valence-electron chi connectivity index (χ3n) is 4.59. The van der Waals surface area contributed by atoms with E-state index in [9.17, 15) is 4.79 Å². The number of carbonyl (C=O) groups excluding carboxylic acids is 1. The highest BCUT2D eigenvalue weighted by Crippen LogP contribution is 2.34. The molecule has 0 bridgehead atoms. The monoisotopic (exact) mass is 384 g/mol. The van der Waals surface area contributed by atoms with Gasteiger partial charge in [-0.1, -0.05) is 0 Å². The van der Waals surface area contributed by atoms with Gasteiger partial charge in [0.25, 0.3) is 5.91 Å². The molecule has 1 aromatic carbocycles. The van der Waals surface area contributed by atoms with Gasteiger partial charge in [0.1, 0.15) is 17.3 Å². The van der Waals surface area contributed by atoms with Gasteiger partial charge in [-0.3, -0.25) is 4.79 Å². The Labute approximate surface area is 166 Å². The number of hydrogen-bond acceptors (Lipinski definition) is 6. The Hall–Kier alpha value is -2.83. The van der Waals surface area contributed by atoms with Gasteiger partial charge >= 0.3 is 0 Å². The zero-order valence-corrected chi connectivity index (χ0v) is 17.4. The van der Waals surface area contributed by atoms with Crippen LogP contribution in [0.5, 0.6) is 11.5 Å². The number of nitrogens with one attached hydrogen (secondary N) is 1. The molecule has 2 aromatic rings. The number of benzene rings is 1. The van der Waals surface area contributed by atoms with E-state index < -0.39 is 0 Å². The molecule has 7 heteroatoms. The van der Waals surface area contributed by atoms with Crippen LogP contribution in [0.1, 0.15) is 48.2 Å². The molecule has 2 heterocycles. The molecule has 0 atom stereocenters. The van der Waals surface area contributed by atoms with E-state index in [0.29, 0.717) is 23.8 Å². The summed E-state index contributed by atoms with van der Waals surface area (Å²) in [5.41, 5.74) is 2.47. The molecule has 1 aliphatic rings. The first kappa shape index (κ1) is 19.9. The van der Waals surface area contributed by atoms with Crippen molar-refractivity contribution >= 4 is 11.7 Å². The van der Waals surface area contributed by atoms with Crippen molar-refractivity contribution in [1.82, 2.24) is 15.3 Å². The van der Waals surface area contributed by atoms with Gasteiger partial charge in [0.05, 0.1) is 14.2 Å². The third-order valence-corrected chi connectivity index (χ3v) is 4.59. The second-order valence-corrected chi connectivity index (χ2v) is 8.01. The fourth-order valence-corrected chi connectivity index (χ4v) is 3.31. The van der Waals surface area contributed by atoms with Crippen molar-refractivity contribution < 1.29 is 14.3 Å². The van der Waals surface area contributed by atoms with Crippen molar-refractivity contribution in [2.45, 2.75) is 46.2 Å². The van der Waals surface area contributed by atoms with Gasteiger partial charge in [-0.15, -0.1) is 0 Å². The number of hydrogen-bond donors (Lipinski definition) is 1. The lowest BCUT2D eigenvalue weighted by atomic mass is 9.98. The molecule has 1 amide bonds. The maximum Gasteiger partial charge on any atom is 0.270 e. The van der Waals surface area contributed by atoms with E-state index in [-0.39, 0.29) is 11.4 Å². The van der Waals surface area contributed by atoms with Crippen molar-refractivity contribution in [3.8, 4) is 11.5 Å². The summed E-state index contributed by atoms with van der Waals surface area (Å²) in [6.07, 6.45) is 0.863. The molecule has 0 fully saturated rings. The minimum atomic E-state index is -0.324. The van der Waals surface area contributed by atoms with E-state index in [0.717, 1.165) is 24.5 Å². The minimum Gasteiger partial charge on any atom is -0.493 e. The molecule has 7 nitrogen and oxygen atoms in total. The smallest absolute Gasteiger partial charge is 0.270 e. The maximum absolute atomic E-state index is 12.5. The van der Waals surface area contributed by atoms with Crippen LogP contribution in [0.3, 0.4) is 0 Å². The molecule has 28 heavy (non-hydrogen) atoms. The Balaban J connectivity index is 1.88. The van der Waals surface area contributed by atoms with E-state index in [2.05, 4.69) is 20.2 Å². The van der Waals surface area contributed by atoms with Crippen LogP contribution in [-0.2, 0) is 13.0 Å². The second-order valence-electron chi connectivity index (χ2n) is 8.01. The van der Waals surface area contributed by atoms with Gasteiger partial charge in [-0.25, -0.2) is 9.97 Å². The van der Waals surface area contributed by atoms with Crippen molar-refractivity contribution in [3.05, 3.63) is 40.8 Å². The van der Waals surface area contributed by atoms with E-state index >= 15 is 0 Å². The summed E-state index contributed by atoms with van der Waals surface area (Å²) in [6.45, 7) is 9.14. The average molecular weight is 384 g/mol. The molecule has 1 aliphatic heterocycles. The Morgan fingerprint density at radius 1 is 1.07 bits per heavy atom. The summed E-state index contributed by atoms with van der Waals surface area (Å²) in [4.78, 5) is 23.6. The first-order chi connectivity index (χ1) is 13.2. The van der Waals surface area contributed by atoms with Crippen LogP contribution >= 0.6 is 0 Å². The summed E-state index contributed by atoms with van der Waals surface area (Å²) in [5, 5.41) is 2.96. The number of amides is 1. The largest absolute Gasteiger partial charge is 0.493 e. The van der Waals surface area contributed by atoms with E-state index in [1.54, 1.807) is 20.3 Å². The molecule has 0 unspecified atom stereocenters. The predicted octanol–water partition coefficient (Wildman–Crippen LogP) is 2.89. The third kappa shape index (κ3) is 4.35. The fraction of sp³-hybridized carbons (Fsp3) is 0.476. The van der Waals surface area contributed by atoms with Gasteiger partial charge in [-0.2, -0.15) is 0 Å². The van der Waals surface area contributed by atoms with Crippen LogP contribution < -0.4 is 19.7 Å². The van der Waals surface area contributed by atoms with Crippen LogP contribution in [0.4, 0.5) is 5.82 Å². The van der Waals surface area contributed by atoms with Gasteiger partial charge in [0, 0.05) is 24.7 Å². The van der Waals surface area contributed by atoms with Gasteiger partial charge in [0.2, 0.25) is 0 Å². The maximum atomic E-state index is 12.5. The number of carbonyl (C=O) groups is 1. The SMILES string of the molecule is COc1cc2c(cc1OC)CN(c1cc(C(=O)NC(C)(C)C)nc(C)n1)CC2. The van der Waals surface area contributed by atoms with Crippen LogP contribution in [0, 0.1) is 6.92 Å². The van der Waals surface area contributed by atoms with Crippen molar-refractivity contribution in [2.75, 3.05) is 25.7 Å². The Morgan fingerprint density at radius 3 is 2.32 bits per heavy atom. The summed E-state index contributed by atoms with van der Waals surface area (Å²) >= 11 is 0. The number of ether oxygens (including phenoxy) is 2. The highest BCUT2D eigenvalue weighted by Gasteiger charge is 2.23. The second kappa shape index (κ2) is 7.66. The van der Waals surface area contributed by atoms with Gasteiger partial charge in [-0.05, 0) is 57.4 Å². The standard InChI is InChI=1S/C21H28N4O3/c1-13-22-16(20(26)24-21(2,3)4)11-19(23-13)25-8-7-14-9-17(27-5)18(28-6)10-15(14)12-25/h9-11H,7-8,12H2,1-6H3,(H,24,26). The number of aromatic nitrogens is 2. The number of aryl methyl sites for hydroxylation is 1. The topological polar surface area (TPSA) is 76.6 Å². The molecular weight excluding hydrogens is 356 g/mol. The van der Waals surface area contributed by atoms with E-state index in [1.807, 2.05) is 39.8 Å². The normalized spacial score (nSPS) is 13.7. The molecule has 1 N–H and O–H groups in total.